The molecule has 2 aliphatic rings. The van der Waals surface area contributed by atoms with Crippen molar-refractivity contribution in [3.63, 3.8) is 0 Å². The van der Waals surface area contributed by atoms with Gasteiger partial charge in [-0.15, -0.1) is 11.3 Å². The van der Waals surface area contributed by atoms with E-state index in [1.54, 1.807) is 18.4 Å². The summed E-state index contributed by atoms with van der Waals surface area (Å²) in [4.78, 5) is 1.21. The highest BCUT2D eigenvalue weighted by Crippen LogP contribution is 2.41. The molecule has 3 heterocycles. The molecular formula is C21H18N2O3S. The van der Waals surface area contributed by atoms with Crippen molar-refractivity contribution in [3.8, 4) is 17.2 Å². The van der Waals surface area contributed by atoms with Gasteiger partial charge in [-0.05, 0) is 53.4 Å². The van der Waals surface area contributed by atoms with Crippen LogP contribution in [0.3, 0.4) is 0 Å². The highest BCUT2D eigenvalue weighted by molar-refractivity contribution is 7.12. The number of methoxy groups -OCH3 is 1. The molecule has 3 aromatic rings. The lowest BCUT2D eigenvalue weighted by Crippen LogP contribution is -2.18. The average molecular weight is 378 g/mol. The molecule has 0 spiro atoms. The number of anilines is 1. The first kappa shape index (κ1) is 16.2. The summed E-state index contributed by atoms with van der Waals surface area (Å²) in [6, 6.07) is 18.4. The van der Waals surface area contributed by atoms with E-state index < -0.39 is 0 Å². The van der Waals surface area contributed by atoms with Gasteiger partial charge in [-0.25, -0.2) is 0 Å². The van der Waals surface area contributed by atoms with Crippen molar-refractivity contribution in [1.82, 2.24) is 0 Å². The van der Waals surface area contributed by atoms with Crippen LogP contribution in [0.2, 0.25) is 0 Å². The van der Waals surface area contributed by atoms with Gasteiger partial charge in [-0.1, -0.05) is 12.1 Å². The lowest BCUT2D eigenvalue weighted by Gasteiger charge is -2.24. The molecule has 0 fully saturated rings. The number of hydrogen-bond donors (Lipinski definition) is 0. The van der Waals surface area contributed by atoms with Crippen LogP contribution in [0.5, 0.6) is 17.2 Å². The summed E-state index contributed by atoms with van der Waals surface area (Å²) in [5.41, 5.74) is 3.29. The predicted octanol–water partition coefficient (Wildman–Crippen LogP) is 4.84. The maximum absolute atomic E-state index is 5.58. The van der Waals surface area contributed by atoms with E-state index in [0.29, 0.717) is 0 Å². The smallest absolute Gasteiger partial charge is 0.231 e. The van der Waals surface area contributed by atoms with Crippen LogP contribution < -0.4 is 19.2 Å². The third-order valence-electron chi connectivity index (χ3n) is 4.83. The lowest BCUT2D eigenvalue weighted by atomic mass is 10.0. The van der Waals surface area contributed by atoms with E-state index >= 15 is 0 Å². The quantitative estimate of drug-likeness (QED) is 0.651. The zero-order chi connectivity index (χ0) is 18.2. The number of thiophene rings is 1. The molecule has 0 radical (unpaired) electrons. The van der Waals surface area contributed by atoms with Gasteiger partial charge in [0.15, 0.2) is 11.5 Å². The van der Waals surface area contributed by atoms with Crippen LogP contribution in [-0.2, 0) is 0 Å². The van der Waals surface area contributed by atoms with Gasteiger partial charge in [0.1, 0.15) is 5.75 Å². The second-order valence-corrected chi connectivity index (χ2v) is 7.35. The van der Waals surface area contributed by atoms with Crippen LogP contribution in [0.1, 0.15) is 22.9 Å². The minimum Gasteiger partial charge on any atom is -0.497 e. The first-order valence-corrected chi connectivity index (χ1v) is 9.64. The fourth-order valence-electron chi connectivity index (χ4n) is 3.45. The molecule has 0 aliphatic carbocycles. The Morgan fingerprint density at radius 3 is 2.70 bits per heavy atom. The van der Waals surface area contributed by atoms with Crippen LogP contribution in [0.25, 0.3) is 0 Å². The molecule has 2 aromatic carbocycles. The number of nitrogens with zero attached hydrogens (tertiary/aromatic N) is 2. The van der Waals surface area contributed by atoms with Gasteiger partial charge in [0, 0.05) is 6.42 Å². The Morgan fingerprint density at radius 1 is 1.07 bits per heavy atom. The predicted molar refractivity (Wildman–Crippen MR) is 106 cm³/mol. The highest BCUT2D eigenvalue weighted by atomic mass is 32.1. The molecule has 0 amide bonds. The van der Waals surface area contributed by atoms with Crippen LogP contribution in [0, 0.1) is 0 Å². The lowest BCUT2D eigenvalue weighted by molar-refractivity contribution is 0.174. The maximum atomic E-state index is 5.58. The third-order valence-corrected chi connectivity index (χ3v) is 5.75. The molecule has 5 rings (SSSR count). The Bertz CT molecular complexity index is 983. The summed E-state index contributed by atoms with van der Waals surface area (Å²) in [6.45, 7) is 0.280. The Labute approximate surface area is 161 Å². The summed E-state index contributed by atoms with van der Waals surface area (Å²) >= 11 is 1.72. The van der Waals surface area contributed by atoms with E-state index in [9.17, 15) is 0 Å². The molecule has 1 unspecified atom stereocenters. The topological polar surface area (TPSA) is 43.3 Å². The normalized spacial score (nSPS) is 17.9. The number of ether oxygens (including phenoxy) is 3. The molecule has 6 heteroatoms. The molecule has 1 atom stereocenters. The summed E-state index contributed by atoms with van der Waals surface area (Å²) in [5.74, 6) is 2.43. The van der Waals surface area contributed by atoms with Gasteiger partial charge >= 0.3 is 0 Å². The Balaban J connectivity index is 1.54. The minimum absolute atomic E-state index is 0.102. The number of hydrazone groups is 1. The van der Waals surface area contributed by atoms with E-state index in [1.807, 2.05) is 30.3 Å². The molecule has 2 aliphatic heterocycles. The average Bonchev–Trinajstić information content (AvgIpc) is 3.47. The molecular weight excluding hydrogens is 360 g/mol. The van der Waals surface area contributed by atoms with Gasteiger partial charge in [0.25, 0.3) is 0 Å². The maximum Gasteiger partial charge on any atom is 0.231 e. The summed E-state index contributed by atoms with van der Waals surface area (Å²) in [7, 11) is 1.67. The van der Waals surface area contributed by atoms with Crippen molar-refractivity contribution in [2.45, 2.75) is 12.5 Å². The largest absolute Gasteiger partial charge is 0.497 e. The fraction of sp³-hybridized carbons (Fsp3) is 0.190. The Kier molecular flexibility index (Phi) is 3.98. The molecule has 5 nitrogen and oxygen atoms in total. The first-order chi connectivity index (χ1) is 13.3. The zero-order valence-corrected chi connectivity index (χ0v) is 15.6. The molecule has 136 valence electrons. The number of hydrogen-bond acceptors (Lipinski definition) is 6. The van der Waals surface area contributed by atoms with Crippen LogP contribution in [-0.4, -0.2) is 19.6 Å². The molecule has 0 N–H and O–H groups in total. The van der Waals surface area contributed by atoms with Crippen molar-refractivity contribution >= 4 is 22.7 Å². The molecule has 0 saturated carbocycles. The standard InChI is InChI=1S/C21H18N2O3S/c1-24-16-7-5-15(6-8-16)23-18(12-17(22-23)21-3-2-10-27-21)14-4-9-19-20(11-14)26-13-25-19/h2-11,18H,12-13H2,1H3. The van der Waals surface area contributed by atoms with Gasteiger partial charge in [0.05, 0.1) is 29.4 Å². The monoisotopic (exact) mass is 378 g/mol. The highest BCUT2D eigenvalue weighted by Gasteiger charge is 2.31. The summed E-state index contributed by atoms with van der Waals surface area (Å²) in [5, 5.41) is 9.13. The second kappa shape index (κ2) is 6.63. The van der Waals surface area contributed by atoms with Crippen molar-refractivity contribution in [2.75, 3.05) is 18.9 Å². The second-order valence-electron chi connectivity index (χ2n) is 6.40. The van der Waals surface area contributed by atoms with Gasteiger partial charge in [-0.3, -0.25) is 5.01 Å². The molecule has 0 bridgehead atoms. The SMILES string of the molecule is COc1ccc(N2N=C(c3cccs3)CC2c2ccc3c(c2)OCO3)cc1. The van der Waals surface area contributed by atoms with Crippen LogP contribution in [0.4, 0.5) is 5.69 Å². The molecule has 0 saturated heterocycles. The van der Waals surface area contributed by atoms with Gasteiger partial charge in [0.2, 0.25) is 6.79 Å². The van der Waals surface area contributed by atoms with E-state index in [4.69, 9.17) is 19.3 Å². The number of rotatable bonds is 4. The zero-order valence-electron chi connectivity index (χ0n) is 14.8. The molecule has 27 heavy (non-hydrogen) atoms. The van der Waals surface area contributed by atoms with Crippen molar-refractivity contribution < 1.29 is 14.2 Å². The Hall–Kier alpha value is -2.99. The van der Waals surface area contributed by atoms with Crippen LogP contribution >= 0.6 is 11.3 Å². The van der Waals surface area contributed by atoms with Crippen molar-refractivity contribution in [3.05, 3.63) is 70.4 Å². The summed E-state index contributed by atoms with van der Waals surface area (Å²) in [6.07, 6.45) is 0.839. The van der Waals surface area contributed by atoms with Crippen molar-refractivity contribution in [1.29, 1.82) is 0 Å². The van der Waals surface area contributed by atoms with E-state index in [0.717, 1.165) is 40.6 Å². The minimum atomic E-state index is 0.102. The van der Waals surface area contributed by atoms with Crippen LogP contribution in [0.15, 0.2) is 65.1 Å². The first-order valence-electron chi connectivity index (χ1n) is 8.76. The fourth-order valence-corrected chi connectivity index (χ4v) is 4.18. The Morgan fingerprint density at radius 2 is 1.93 bits per heavy atom. The van der Waals surface area contributed by atoms with Crippen molar-refractivity contribution in [2.24, 2.45) is 5.10 Å². The number of benzene rings is 2. The van der Waals surface area contributed by atoms with E-state index in [1.165, 1.54) is 4.88 Å². The molecule has 1 aromatic heterocycles. The van der Waals surface area contributed by atoms with Gasteiger partial charge < -0.3 is 14.2 Å². The summed E-state index contributed by atoms with van der Waals surface area (Å²) < 4.78 is 16.3. The van der Waals surface area contributed by atoms with E-state index in [-0.39, 0.29) is 12.8 Å². The van der Waals surface area contributed by atoms with Gasteiger partial charge in [-0.2, -0.15) is 5.10 Å². The van der Waals surface area contributed by atoms with E-state index in [2.05, 4.69) is 34.7 Å². The third kappa shape index (κ3) is 2.92. The number of fused-ring (bicyclic) bond motifs is 1.